The molecule has 0 saturated carbocycles. The van der Waals surface area contributed by atoms with E-state index in [0.717, 1.165) is 24.4 Å². The number of rotatable bonds is 8. The summed E-state index contributed by atoms with van der Waals surface area (Å²) < 4.78 is 0. The summed E-state index contributed by atoms with van der Waals surface area (Å²) in [6, 6.07) is 9.70. The third kappa shape index (κ3) is 5.02. The topological polar surface area (TPSA) is 23.6 Å². The van der Waals surface area contributed by atoms with Gasteiger partial charge in [-0.3, -0.25) is 9.69 Å². The molecule has 108 valence electrons. The number of amides is 1. The van der Waals surface area contributed by atoms with Crippen LogP contribution >= 0.6 is 0 Å². The fourth-order valence-corrected chi connectivity index (χ4v) is 2.03. The van der Waals surface area contributed by atoms with Crippen LogP contribution in [0.25, 0.3) is 0 Å². The Hall–Kier alpha value is -1.87. The number of benzene rings is 1. The van der Waals surface area contributed by atoms with E-state index in [0.29, 0.717) is 13.1 Å². The maximum absolute atomic E-state index is 12.5. The molecule has 0 spiro atoms. The van der Waals surface area contributed by atoms with Gasteiger partial charge in [-0.15, -0.1) is 6.58 Å². The number of hydrogen-bond acceptors (Lipinski definition) is 2. The molecule has 0 saturated heterocycles. The van der Waals surface area contributed by atoms with E-state index in [2.05, 4.69) is 25.0 Å². The molecule has 0 aliphatic heterocycles. The Kier molecular flexibility index (Phi) is 6.74. The predicted molar refractivity (Wildman–Crippen MR) is 85.9 cm³/mol. The van der Waals surface area contributed by atoms with E-state index in [9.17, 15) is 4.79 Å². The Bertz CT molecular complexity index is 453. The zero-order valence-electron chi connectivity index (χ0n) is 12.5. The molecule has 3 heteroatoms. The van der Waals surface area contributed by atoms with Crippen LogP contribution in [0.4, 0.5) is 5.69 Å². The van der Waals surface area contributed by atoms with Crippen molar-refractivity contribution in [3.63, 3.8) is 0 Å². The quantitative estimate of drug-likeness (QED) is 0.679. The van der Waals surface area contributed by atoms with Crippen LogP contribution in [0, 0.1) is 0 Å². The fraction of sp³-hybridized carbons (Fsp3) is 0.353. The average Bonchev–Trinajstić information content (AvgIpc) is 2.44. The van der Waals surface area contributed by atoms with Crippen LogP contribution in [-0.2, 0) is 4.79 Å². The summed E-state index contributed by atoms with van der Waals surface area (Å²) in [5, 5.41) is 0. The summed E-state index contributed by atoms with van der Waals surface area (Å²) in [7, 11) is 0. The van der Waals surface area contributed by atoms with E-state index >= 15 is 0 Å². The van der Waals surface area contributed by atoms with Gasteiger partial charge < -0.3 is 4.90 Å². The minimum Gasteiger partial charge on any atom is -0.308 e. The first-order valence-electron chi connectivity index (χ1n) is 6.91. The summed E-state index contributed by atoms with van der Waals surface area (Å²) in [5.74, 6) is 0.0826. The summed E-state index contributed by atoms with van der Waals surface area (Å²) in [6.45, 7) is 14.2. The van der Waals surface area contributed by atoms with Crippen molar-refractivity contribution < 1.29 is 4.79 Å². The highest BCUT2D eigenvalue weighted by Crippen LogP contribution is 2.14. The Morgan fingerprint density at radius 1 is 1.25 bits per heavy atom. The molecule has 0 heterocycles. The van der Waals surface area contributed by atoms with Gasteiger partial charge in [-0.1, -0.05) is 43.4 Å². The maximum Gasteiger partial charge on any atom is 0.241 e. The third-order valence-corrected chi connectivity index (χ3v) is 2.98. The van der Waals surface area contributed by atoms with Gasteiger partial charge in [0, 0.05) is 18.8 Å². The van der Waals surface area contributed by atoms with Crippen LogP contribution in [0.2, 0.25) is 0 Å². The van der Waals surface area contributed by atoms with Crippen molar-refractivity contribution in [2.24, 2.45) is 0 Å². The smallest absolute Gasteiger partial charge is 0.241 e. The van der Waals surface area contributed by atoms with Crippen LogP contribution < -0.4 is 4.90 Å². The van der Waals surface area contributed by atoms with Crippen molar-refractivity contribution >= 4 is 11.6 Å². The zero-order valence-corrected chi connectivity index (χ0v) is 12.5. The molecule has 1 amide bonds. The molecular formula is C17H24N2O. The first-order valence-corrected chi connectivity index (χ1v) is 6.91. The molecule has 0 unspecified atom stereocenters. The number of carbonyl (C=O) groups is 1. The lowest BCUT2D eigenvalue weighted by atomic mass is 10.2. The molecule has 0 aliphatic rings. The normalized spacial score (nSPS) is 10.3. The highest BCUT2D eigenvalue weighted by molar-refractivity contribution is 5.95. The second kappa shape index (κ2) is 8.33. The number of hydrogen-bond donors (Lipinski definition) is 0. The van der Waals surface area contributed by atoms with Gasteiger partial charge in [-0.2, -0.15) is 0 Å². The van der Waals surface area contributed by atoms with Crippen LogP contribution in [0.15, 0.2) is 55.1 Å². The van der Waals surface area contributed by atoms with Crippen molar-refractivity contribution in [2.75, 3.05) is 31.1 Å². The summed E-state index contributed by atoms with van der Waals surface area (Å²) in [6.07, 6.45) is 1.75. The van der Waals surface area contributed by atoms with Crippen molar-refractivity contribution in [1.82, 2.24) is 4.90 Å². The maximum atomic E-state index is 12.5. The van der Waals surface area contributed by atoms with Crippen LogP contribution in [-0.4, -0.2) is 37.0 Å². The molecule has 0 radical (unpaired) electrons. The van der Waals surface area contributed by atoms with Gasteiger partial charge in [0.1, 0.15) is 0 Å². The molecule has 0 atom stereocenters. The van der Waals surface area contributed by atoms with Crippen molar-refractivity contribution in [3.05, 3.63) is 55.1 Å². The molecule has 0 aliphatic carbocycles. The first-order chi connectivity index (χ1) is 9.58. The SMILES string of the molecule is C=CCN(C(=O)CN(CC)CC(=C)C)c1ccccc1. The average molecular weight is 272 g/mol. The molecule has 0 fully saturated rings. The highest BCUT2D eigenvalue weighted by atomic mass is 16.2. The lowest BCUT2D eigenvalue weighted by molar-refractivity contribution is -0.119. The highest BCUT2D eigenvalue weighted by Gasteiger charge is 2.17. The Morgan fingerprint density at radius 3 is 2.40 bits per heavy atom. The van der Waals surface area contributed by atoms with Gasteiger partial charge in [0.05, 0.1) is 6.54 Å². The molecular weight excluding hydrogens is 248 g/mol. The van der Waals surface area contributed by atoms with Crippen LogP contribution in [0.1, 0.15) is 13.8 Å². The van der Waals surface area contributed by atoms with Gasteiger partial charge in [-0.05, 0) is 25.6 Å². The van der Waals surface area contributed by atoms with Crippen molar-refractivity contribution in [3.8, 4) is 0 Å². The van der Waals surface area contributed by atoms with E-state index in [4.69, 9.17) is 0 Å². The van der Waals surface area contributed by atoms with Crippen LogP contribution in [0.3, 0.4) is 0 Å². The standard InChI is InChI=1S/C17H24N2O/c1-5-12-19(16-10-8-7-9-11-16)17(20)14-18(6-2)13-15(3)4/h5,7-11H,1,3,6,12-14H2,2,4H3. The summed E-state index contributed by atoms with van der Waals surface area (Å²) >= 11 is 0. The molecule has 0 aromatic heterocycles. The predicted octanol–water partition coefficient (Wildman–Crippen LogP) is 3.10. The van der Waals surface area contributed by atoms with E-state index < -0.39 is 0 Å². The molecule has 1 aromatic carbocycles. The third-order valence-electron chi connectivity index (χ3n) is 2.98. The largest absolute Gasteiger partial charge is 0.308 e. The molecule has 0 bridgehead atoms. The molecule has 1 rings (SSSR count). The Morgan fingerprint density at radius 2 is 1.90 bits per heavy atom. The Balaban J connectivity index is 2.79. The lowest BCUT2D eigenvalue weighted by Crippen LogP contribution is -2.41. The van der Waals surface area contributed by atoms with E-state index in [1.807, 2.05) is 37.3 Å². The van der Waals surface area contributed by atoms with Gasteiger partial charge in [-0.25, -0.2) is 0 Å². The monoisotopic (exact) mass is 272 g/mol. The molecule has 1 aromatic rings. The number of anilines is 1. The fourth-order valence-electron chi connectivity index (χ4n) is 2.03. The van der Waals surface area contributed by atoms with E-state index in [-0.39, 0.29) is 5.91 Å². The number of carbonyl (C=O) groups excluding carboxylic acids is 1. The minimum absolute atomic E-state index is 0.0826. The number of likely N-dealkylation sites (N-methyl/N-ethyl adjacent to an activating group) is 1. The summed E-state index contributed by atoms with van der Waals surface area (Å²) in [4.78, 5) is 16.3. The Labute approximate surface area is 122 Å². The van der Waals surface area contributed by atoms with Crippen LogP contribution in [0.5, 0.6) is 0 Å². The second-order valence-corrected chi connectivity index (χ2v) is 4.89. The van der Waals surface area contributed by atoms with E-state index in [1.165, 1.54) is 0 Å². The van der Waals surface area contributed by atoms with E-state index in [1.54, 1.807) is 11.0 Å². The van der Waals surface area contributed by atoms with Crippen molar-refractivity contribution in [2.45, 2.75) is 13.8 Å². The van der Waals surface area contributed by atoms with Gasteiger partial charge in [0.2, 0.25) is 5.91 Å². The minimum atomic E-state index is 0.0826. The molecule has 20 heavy (non-hydrogen) atoms. The lowest BCUT2D eigenvalue weighted by Gasteiger charge is -2.26. The van der Waals surface area contributed by atoms with Gasteiger partial charge in [0.25, 0.3) is 0 Å². The van der Waals surface area contributed by atoms with Gasteiger partial charge >= 0.3 is 0 Å². The van der Waals surface area contributed by atoms with Crippen molar-refractivity contribution in [1.29, 1.82) is 0 Å². The number of para-hydroxylation sites is 1. The first kappa shape index (κ1) is 16.2. The second-order valence-electron chi connectivity index (χ2n) is 4.89. The number of nitrogens with zero attached hydrogens (tertiary/aromatic N) is 2. The molecule has 3 nitrogen and oxygen atoms in total. The summed E-state index contributed by atoms with van der Waals surface area (Å²) in [5.41, 5.74) is 1.97. The zero-order chi connectivity index (χ0) is 15.0. The molecule has 0 N–H and O–H groups in total. The van der Waals surface area contributed by atoms with Gasteiger partial charge in [0.15, 0.2) is 0 Å².